The number of thioether (sulfide) groups is 1. The topological polar surface area (TPSA) is 54.5 Å². The van der Waals surface area contributed by atoms with Crippen molar-refractivity contribution in [2.24, 2.45) is 0 Å². The van der Waals surface area contributed by atoms with Crippen LogP contribution < -0.4 is 4.90 Å². The maximum Gasteiger partial charge on any atom is 0.228 e. The maximum atomic E-state index is 12.7. The van der Waals surface area contributed by atoms with E-state index in [1.807, 2.05) is 31.2 Å². The lowest BCUT2D eigenvalue weighted by Crippen LogP contribution is -2.33. The minimum absolute atomic E-state index is 0.00475. The second kappa shape index (κ2) is 7.62. The van der Waals surface area contributed by atoms with Gasteiger partial charge in [-0.2, -0.15) is 0 Å². The molecule has 0 saturated heterocycles. The first-order valence-corrected chi connectivity index (χ1v) is 10.9. The van der Waals surface area contributed by atoms with E-state index in [4.69, 9.17) is 0 Å². The zero-order valence-electron chi connectivity index (χ0n) is 14.1. The summed E-state index contributed by atoms with van der Waals surface area (Å²) in [6, 6.07) is 14.6. The van der Waals surface area contributed by atoms with Crippen LogP contribution in [0.25, 0.3) is 0 Å². The van der Waals surface area contributed by atoms with E-state index in [2.05, 4.69) is 0 Å². The minimum atomic E-state index is -3.45. The molecule has 0 bridgehead atoms. The Labute approximate surface area is 153 Å². The van der Waals surface area contributed by atoms with Crippen LogP contribution in [0.5, 0.6) is 0 Å². The second-order valence-electron chi connectivity index (χ2n) is 6.10. The molecule has 6 heteroatoms. The van der Waals surface area contributed by atoms with Crippen molar-refractivity contribution in [1.29, 1.82) is 0 Å². The summed E-state index contributed by atoms with van der Waals surface area (Å²) in [6.07, 6.45) is 0.894. The van der Waals surface area contributed by atoms with Gasteiger partial charge in [-0.05, 0) is 43.4 Å². The first-order valence-electron chi connectivity index (χ1n) is 8.29. The van der Waals surface area contributed by atoms with Gasteiger partial charge in [0.15, 0.2) is 9.84 Å². The third kappa shape index (κ3) is 4.25. The Morgan fingerprint density at radius 1 is 1.12 bits per heavy atom. The number of hydrogen-bond donors (Lipinski definition) is 0. The molecule has 0 N–H and O–H groups in total. The molecule has 132 valence electrons. The number of amides is 1. The number of sulfone groups is 1. The molecule has 1 aliphatic heterocycles. The van der Waals surface area contributed by atoms with E-state index in [-0.39, 0.29) is 23.0 Å². The first kappa shape index (κ1) is 18.0. The van der Waals surface area contributed by atoms with Crippen LogP contribution in [0.15, 0.2) is 58.3 Å². The van der Waals surface area contributed by atoms with Crippen molar-refractivity contribution in [3.8, 4) is 0 Å². The molecule has 0 aliphatic carbocycles. The number of fused-ring (bicyclic) bond motifs is 1. The largest absolute Gasteiger partial charge is 0.311 e. The SMILES string of the molecule is Cc1ccc(S(=O)(=O)CCC(=O)N2CCCSc3ccccc32)cc1. The normalized spacial score (nSPS) is 14.7. The fraction of sp³-hybridized carbons (Fsp3) is 0.316. The summed E-state index contributed by atoms with van der Waals surface area (Å²) in [5.74, 6) is 0.661. The molecule has 1 aliphatic rings. The van der Waals surface area contributed by atoms with E-state index in [0.29, 0.717) is 6.54 Å². The smallest absolute Gasteiger partial charge is 0.228 e. The van der Waals surface area contributed by atoms with Crippen LogP contribution in [-0.2, 0) is 14.6 Å². The zero-order valence-corrected chi connectivity index (χ0v) is 15.8. The van der Waals surface area contributed by atoms with Gasteiger partial charge in [0.05, 0.1) is 16.3 Å². The van der Waals surface area contributed by atoms with E-state index >= 15 is 0 Å². The molecule has 0 radical (unpaired) electrons. The number of hydrogen-bond acceptors (Lipinski definition) is 4. The van der Waals surface area contributed by atoms with E-state index in [9.17, 15) is 13.2 Å². The molecule has 0 aromatic heterocycles. The zero-order chi connectivity index (χ0) is 17.9. The number of carbonyl (C=O) groups is 1. The Hall–Kier alpha value is -1.79. The number of benzene rings is 2. The summed E-state index contributed by atoms with van der Waals surface area (Å²) in [4.78, 5) is 15.8. The average molecular weight is 376 g/mol. The van der Waals surface area contributed by atoms with Crippen LogP contribution in [0.3, 0.4) is 0 Å². The Balaban J connectivity index is 1.73. The molecule has 0 spiro atoms. The van der Waals surface area contributed by atoms with Crippen LogP contribution in [0.1, 0.15) is 18.4 Å². The monoisotopic (exact) mass is 375 g/mol. The summed E-state index contributed by atoms with van der Waals surface area (Å²) < 4.78 is 24.9. The highest BCUT2D eigenvalue weighted by Crippen LogP contribution is 2.33. The van der Waals surface area contributed by atoms with Crippen molar-refractivity contribution >= 4 is 33.2 Å². The standard InChI is InChI=1S/C19H21NO3S2/c1-15-7-9-16(10-8-15)25(22,23)14-11-19(21)20-12-4-13-24-18-6-3-2-5-17(18)20/h2-3,5-10H,4,11-14H2,1H3. The number of aryl methyl sites for hydroxylation is 1. The fourth-order valence-corrected chi connectivity index (χ4v) is 5.03. The molecule has 2 aromatic rings. The highest BCUT2D eigenvalue weighted by atomic mass is 32.2. The van der Waals surface area contributed by atoms with Crippen molar-refractivity contribution in [1.82, 2.24) is 0 Å². The van der Waals surface area contributed by atoms with Gasteiger partial charge >= 0.3 is 0 Å². The lowest BCUT2D eigenvalue weighted by Gasteiger charge is -2.22. The number of nitrogens with zero attached hydrogens (tertiary/aromatic N) is 1. The van der Waals surface area contributed by atoms with Gasteiger partial charge in [0.2, 0.25) is 5.91 Å². The molecule has 0 fully saturated rings. The third-order valence-corrected chi connectivity index (χ3v) is 7.09. The summed E-state index contributed by atoms with van der Waals surface area (Å²) >= 11 is 1.74. The first-order chi connectivity index (χ1) is 12.0. The van der Waals surface area contributed by atoms with E-state index in [0.717, 1.165) is 28.3 Å². The summed E-state index contributed by atoms with van der Waals surface area (Å²) in [5, 5.41) is 0. The molecule has 25 heavy (non-hydrogen) atoms. The van der Waals surface area contributed by atoms with Gasteiger partial charge in [-0.1, -0.05) is 29.8 Å². The quantitative estimate of drug-likeness (QED) is 0.818. The number of rotatable bonds is 4. The van der Waals surface area contributed by atoms with Crippen molar-refractivity contribution in [3.63, 3.8) is 0 Å². The lowest BCUT2D eigenvalue weighted by molar-refractivity contribution is -0.118. The maximum absolute atomic E-state index is 12.7. The van der Waals surface area contributed by atoms with Gasteiger partial charge in [0, 0.05) is 17.9 Å². The van der Waals surface area contributed by atoms with Crippen LogP contribution >= 0.6 is 11.8 Å². The number of carbonyl (C=O) groups excluding carboxylic acids is 1. The molecule has 0 atom stereocenters. The van der Waals surface area contributed by atoms with Crippen LogP contribution in [-0.4, -0.2) is 32.4 Å². The molecule has 1 heterocycles. The number of anilines is 1. The molecular formula is C19H21NO3S2. The molecule has 0 saturated carbocycles. The van der Waals surface area contributed by atoms with E-state index in [1.54, 1.807) is 40.9 Å². The highest BCUT2D eigenvalue weighted by molar-refractivity contribution is 7.99. The Morgan fingerprint density at radius 3 is 2.60 bits per heavy atom. The number of para-hydroxylation sites is 1. The van der Waals surface area contributed by atoms with Gasteiger partial charge in [-0.3, -0.25) is 4.79 Å². The van der Waals surface area contributed by atoms with Gasteiger partial charge in [-0.15, -0.1) is 11.8 Å². The van der Waals surface area contributed by atoms with Gasteiger partial charge < -0.3 is 4.90 Å². The Kier molecular flexibility index (Phi) is 5.49. The van der Waals surface area contributed by atoms with Crippen molar-refractivity contribution in [3.05, 3.63) is 54.1 Å². The molecular weight excluding hydrogens is 354 g/mol. The van der Waals surface area contributed by atoms with Crippen molar-refractivity contribution < 1.29 is 13.2 Å². The summed E-state index contributed by atoms with van der Waals surface area (Å²) in [6.45, 7) is 2.54. The Morgan fingerprint density at radius 2 is 1.84 bits per heavy atom. The second-order valence-corrected chi connectivity index (χ2v) is 9.34. The summed E-state index contributed by atoms with van der Waals surface area (Å²) in [5.41, 5.74) is 1.90. The van der Waals surface area contributed by atoms with Crippen LogP contribution in [0.4, 0.5) is 5.69 Å². The van der Waals surface area contributed by atoms with Crippen LogP contribution in [0.2, 0.25) is 0 Å². The molecule has 0 unspecified atom stereocenters. The fourth-order valence-electron chi connectivity index (χ4n) is 2.81. The van der Waals surface area contributed by atoms with Crippen LogP contribution in [0, 0.1) is 6.92 Å². The predicted molar refractivity (Wildman–Crippen MR) is 102 cm³/mol. The van der Waals surface area contributed by atoms with Gasteiger partial charge in [-0.25, -0.2) is 8.42 Å². The highest BCUT2D eigenvalue weighted by Gasteiger charge is 2.23. The molecule has 1 amide bonds. The Bertz CT molecular complexity index is 860. The van der Waals surface area contributed by atoms with Gasteiger partial charge in [0.1, 0.15) is 0 Å². The van der Waals surface area contributed by atoms with E-state index < -0.39 is 9.84 Å². The minimum Gasteiger partial charge on any atom is -0.311 e. The van der Waals surface area contributed by atoms with E-state index in [1.165, 1.54) is 0 Å². The van der Waals surface area contributed by atoms with Crippen molar-refractivity contribution in [2.45, 2.75) is 29.6 Å². The third-order valence-electron chi connectivity index (χ3n) is 4.21. The van der Waals surface area contributed by atoms with Crippen molar-refractivity contribution in [2.75, 3.05) is 23.0 Å². The molecule has 3 rings (SSSR count). The molecule has 2 aromatic carbocycles. The lowest BCUT2D eigenvalue weighted by atomic mass is 10.2. The van der Waals surface area contributed by atoms with Gasteiger partial charge in [0.25, 0.3) is 0 Å². The summed E-state index contributed by atoms with van der Waals surface area (Å²) in [7, 11) is -3.45. The average Bonchev–Trinajstić information content (AvgIpc) is 2.83. The molecule has 4 nitrogen and oxygen atoms in total. The predicted octanol–water partition coefficient (Wildman–Crippen LogP) is 3.69.